The number of nitro benzene ring substituents is 1. The largest absolute Gasteiger partial charge is 0.452 e. The molecule has 0 aliphatic heterocycles. The average molecular weight is 337 g/mol. The van der Waals surface area contributed by atoms with E-state index in [0.717, 1.165) is 6.07 Å². The third kappa shape index (κ3) is 5.27. The van der Waals surface area contributed by atoms with Gasteiger partial charge >= 0.3 is 5.97 Å². The maximum absolute atomic E-state index is 11.9. The first-order valence-electron chi connectivity index (χ1n) is 6.51. The molecule has 0 saturated heterocycles. The Kier molecular flexibility index (Phi) is 7.02. The van der Waals surface area contributed by atoms with Crippen molar-refractivity contribution in [1.29, 1.82) is 5.26 Å². The Morgan fingerprint density at radius 2 is 2.17 bits per heavy atom. The third-order valence-corrected chi connectivity index (χ3v) is 3.71. The Morgan fingerprint density at radius 3 is 2.74 bits per heavy atom. The van der Waals surface area contributed by atoms with Crippen LogP contribution in [0.4, 0.5) is 5.69 Å². The monoisotopic (exact) mass is 337 g/mol. The average Bonchev–Trinajstić information content (AvgIpc) is 2.56. The number of nitrogens with zero attached hydrogens (tertiary/aromatic N) is 3. The van der Waals surface area contributed by atoms with Crippen LogP contribution in [-0.4, -0.2) is 48.2 Å². The van der Waals surface area contributed by atoms with Crippen LogP contribution >= 0.6 is 11.8 Å². The predicted molar refractivity (Wildman–Crippen MR) is 83.0 cm³/mol. The molecule has 0 heterocycles. The van der Waals surface area contributed by atoms with Crippen LogP contribution in [0.1, 0.15) is 16.8 Å². The number of nitro groups is 1. The number of carbonyl (C=O) groups is 2. The highest BCUT2D eigenvalue weighted by Gasteiger charge is 2.19. The van der Waals surface area contributed by atoms with E-state index < -0.39 is 23.4 Å². The first-order valence-corrected chi connectivity index (χ1v) is 7.73. The number of amides is 1. The van der Waals surface area contributed by atoms with E-state index in [9.17, 15) is 19.7 Å². The Balaban J connectivity index is 2.72. The zero-order valence-electron chi connectivity index (χ0n) is 12.6. The zero-order chi connectivity index (χ0) is 17.4. The summed E-state index contributed by atoms with van der Waals surface area (Å²) in [6.07, 6.45) is 1.87. The van der Waals surface area contributed by atoms with Gasteiger partial charge in [-0.15, -0.1) is 11.8 Å². The van der Waals surface area contributed by atoms with Gasteiger partial charge in [0, 0.05) is 19.7 Å². The smallest absolute Gasteiger partial charge is 0.338 e. The number of nitriles is 1. The molecule has 0 fully saturated rings. The maximum Gasteiger partial charge on any atom is 0.338 e. The number of hydrogen-bond donors (Lipinski definition) is 0. The lowest BCUT2D eigenvalue weighted by Gasteiger charge is -2.15. The molecule has 0 bridgehead atoms. The summed E-state index contributed by atoms with van der Waals surface area (Å²) in [5.41, 5.74) is -0.189. The van der Waals surface area contributed by atoms with Gasteiger partial charge in [0.1, 0.15) is 0 Å². The summed E-state index contributed by atoms with van der Waals surface area (Å²) in [5.74, 6) is -1.27. The second-order valence-corrected chi connectivity index (χ2v) is 5.29. The van der Waals surface area contributed by atoms with Gasteiger partial charge < -0.3 is 9.64 Å². The quantitative estimate of drug-likeness (QED) is 0.323. The van der Waals surface area contributed by atoms with Gasteiger partial charge in [0.25, 0.3) is 11.6 Å². The minimum absolute atomic E-state index is 0.00183. The molecule has 0 spiro atoms. The number of likely N-dealkylation sites (N-methyl/N-ethyl adjacent to an activating group) is 1. The summed E-state index contributed by atoms with van der Waals surface area (Å²) in [6.45, 7) is -0.250. The fourth-order valence-corrected chi connectivity index (χ4v) is 2.17. The SMILES string of the molecule is CSc1ccc(C(=O)OCC(=O)N(C)CCC#N)cc1[N+](=O)[O-]. The fourth-order valence-electron chi connectivity index (χ4n) is 1.62. The minimum Gasteiger partial charge on any atom is -0.452 e. The van der Waals surface area contributed by atoms with Gasteiger partial charge in [-0.3, -0.25) is 14.9 Å². The molecule has 0 aromatic heterocycles. The molecule has 1 rings (SSSR count). The summed E-state index contributed by atoms with van der Waals surface area (Å²) in [5, 5.41) is 19.4. The number of esters is 1. The van der Waals surface area contributed by atoms with Crippen LogP contribution in [0.2, 0.25) is 0 Å². The predicted octanol–water partition coefficient (Wildman–Crippen LogP) is 1.85. The van der Waals surface area contributed by atoms with Crippen molar-refractivity contribution < 1.29 is 19.2 Å². The standard InChI is InChI=1S/C14H15N3O5S/c1-16(7-3-6-15)13(18)9-22-14(19)10-4-5-12(23-2)11(8-10)17(20)21/h4-5,8H,3,7,9H2,1-2H3. The highest BCUT2D eigenvalue weighted by molar-refractivity contribution is 7.98. The van der Waals surface area contributed by atoms with Gasteiger partial charge in [-0.2, -0.15) is 5.26 Å². The molecule has 1 amide bonds. The van der Waals surface area contributed by atoms with E-state index in [4.69, 9.17) is 10.00 Å². The molecule has 23 heavy (non-hydrogen) atoms. The lowest BCUT2D eigenvalue weighted by Crippen LogP contribution is -2.31. The number of thioether (sulfide) groups is 1. The molecule has 0 radical (unpaired) electrons. The zero-order valence-corrected chi connectivity index (χ0v) is 13.5. The van der Waals surface area contributed by atoms with Crippen molar-refractivity contribution in [3.8, 4) is 6.07 Å². The van der Waals surface area contributed by atoms with Gasteiger partial charge in [-0.25, -0.2) is 4.79 Å². The summed E-state index contributed by atoms with van der Waals surface area (Å²) >= 11 is 1.19. The molecule has 0 aliphatic rings. The number of rotatable bonds is 7. The molecular formula is C14H15N3O5S. The lowest BCUT2D eigenvalue weighted by molar-refractivity contribution is -0.387. The first kappa shape index (κ1) is 18.4. The molecule has 1 aromatic carbocycles. The van der Waals surface area contributed by atoms with Crippen LogP contribution in [0.25, 0.3) is 0 Å². The maximum atomic E-state index is 11.9. The van der Waals surface area contributed by atoms with Gasteiger partial charge in [-0.05, 0) is 18.4 Å². The van der Waals surface area contributed by atoms with Gasteiger partial charge in [0.2, 0.25) is 0 Å². The molecule has 0 aliphatic carbocycles. The molecule has 122 valence electrons. The van der Waals surface area contributed by atoms with Crippen LogP contribution in [0, 0.1) is 21.4 Å². The summed E-state index contributed by atoms with van der Waals surface area (Å²) < 4.78 is 4.86. The molecule has 8 nitrogen and oxygen atoms in total. The molecule has 0 saturated carbocycles. The third-order valence-electron chi connectivity index (χ3n) is 2.92. The van der Waals surface area contributed by atoms with E-state index in [-0.39, 0.29) is 24.2 Å². The number of hydrogen-bond acceptors (Lipinski definition) is 7. The van der Waals surface area contributed by atoms with Crippen LogP contribution < -0.4 is 0 Å². The van der Waals surface area contributed by atoms with Crippen molar-refractivity contribution in [3.05, 3.63) is 33.9 Å². The van der Waals surface area contributed by atoms with Crippen molar-refractivity contribution in [3.63, 3.8) is 0 Å². The van der Waals surface area contributed by atoms with E-state index in [2.05, 4.69) is 0 Å². The van der Waals surface area contributed by atoms with Crippen LogP contribution in [0.3, 0.4) is 0 Å². The van der Waals surface area contributed by atoms with Crippen LogP contribution in [0.5, 0.6) is 0 Å². The summed E-state index contributed by atoms with van der Waals surface area (Å²) in [7, 11) is 1.49. The fraction of sp³-hybridized carbons (Fsp3) is 0.357. The Morgan fingerprint density at radius 1 is 1.48 bits per heavy atom. The van der Waals surface area contributed by atoms with Crippen LogP contribution in [-0.2, 0) is 9.53 Å². The molecule has 9 heteroatoms. The Hall–Kier alpha value is -2.60. The Labute approximate surface area is 137 Å². The number of benzene rings is 1. The summed E-state index contributed by atoms with van der Waals surface area (Å²) in [4.78, 5) is 35.7. The number of ether oxygens (including phenoxy) is 1. The topological polar surface area (TPSA) is 114 Å². The van der Waals surface area contributed by atoms with Gasteiger partial charge in [0.15, 0.2) is 6.61 Å². The normalized spacial score (nSPS) is 9.78. The van der Waals surface area contributed by atoms with E-state index in [1.165, 1.54) is 35.8 Å². The Bertz CT molecular complexity index is 656. The van der Waals surface area contributed by atoms with Crippen molar-refractivity contribution >= 4 is 29.3 Å². The van der Waals surface area contributed by atoms with Crippen molar-refractivity contribution in [2.24, 2.45) is 0 Å². The minimum atomic E-state index is -0.817. The van der Waals surface area contributed by atoms with E-state index in [1.54, 1.807) is 6.26 Å². The highest BCUT2D eigenvalue weighted by atomic mass is 32.2. The van der Waals surface area contributed by atoms with E-state index in [1.807, 2.05) is 6.07 Å². The molecule has 0 atom stereocenters. The van der Waals surface area contributed by atoms with Gasteiger partial charge in [-0.1, -0.05) is 0 Å². The highest BCUT2D eigenvalue weighted by Crippen LogP contribution is 2.28. The second-order valence-electron chi connectivity index (χ2n) is 4.44. The number of carbonyl (C=O) groups excluding carboxylic acids is 2. The van der Waals surface area contributed by atoms with Crippen LogP contribution in [0.15, 0.2) is 23.1 Å². The van der Waals surface area contributed by atoms with E-state index in [0.29, 0.717) is 4.90 Å². The summed E-state index contributed by atoms with van der Waals surface area (Å²) in [6, 6.07) is 5.89. The second kappa shape index (κ2) is 8.75. The van der Waals surface area contributed by atoms with E-state index >= 15 is 0 Å². The molecule has 1 aromatic rings. The van der Waals surface area contributed by atoms with Crippen molar-refractivity contribution in [2.75, 3.05) is 26.5 Å². The van der Waals surface area contributed by atoms with Crippen molar-refractivity contribution in [2.45, 2.75) is 11.3 Å². The van der Waals surface area contributed by atoms with Gasteiger partial charge in [0.05, 0.1) is 27.9 Å². The molecule has 0 unspecified atom stereocenters. The lowest BCUT2D eigenvalue weighted by atomic mass is 10.2. The first-order chi connectivity index (χ1) is 10.9. The molecule has 0 N–H and O–H groups in total. The van der Waals surface area contributed by atoms with Crippen molar-refractivity contribution in [1.82, 2.24) is 4.90 Å². The molecular weight excluding hydrogens is 322 g/mol.